The number of hydrogen-bond donors (Lipinski definition) is 1. The molecule has 0 aliphatic carbocycles. The highest BCUT2D eigenvalue weighted by atomic mass is 16.4. The molecule has 1 N–H and O–H groups in total. The molecule has 0 bridgehead atoms. The van der Waals surface area contributed by atoms with Crippen LogP contribution < -0.4 is 0 Å². The zero-order valence-corrected chi connectivity index (χ0v) is 13.7. The van der Waals surface area contributed by atoms with Crippen LogP contribution in [0.4, 0.5) is 0 Å². The van der Waals surface area contributed by atoms with Gasteiger partial charge in [0, 0.05) is 39.6 Å². The van der Waals surface area contributed by atoms with Gasteiger partial charge >= 0.3 is 0 Å². The van der Waals surface area contributed by atoms with E-state index < -0.39 is 6.10 Å². The number of aromatic nitrogens is 2. The second kappa shape index (κ2) is 7.21. The van der Waals surface area contributed by atoms with Crippen molar-refractivity contribution in [2.45, 2.75) is 26.0 Å². The number of nitrogens with zero attached hydrogens (tertiary/aromatic N) is 4. The minimum absolute atomic E-state index is 0.136. The van der Waals surface area contributed by atoms with Gasteiger partial charge in [0.25, 0.3) is 0 Å². The molecular weight excluding hydrogens is 292 g/mol. The van der Waals surface area contributed by atoms with Gasteiger partial charge in [-0.15, -0.1) is 10.2 Å². The smallest absolute Gasteiger partial charge is 0.233 e. The highest BCUT2D eigenvalue weighted by Crippen LogP contribution is 2.21. The lowest BCUT2D eigenvalue weighted by molar-refractivity contribution is 0.0536. The first-order valence-corrected chi connectivity index (χ1v) is 8.13. The molecule has 0 amide bonds. The Morgan fingerprint density at radius 3 is 2.43 bits per heavy atom. The summed E-state index contributed by atoms with van der Waals surface area (Å²) in [6, 6.07) is 9.98. The molecule has 6 nitrogen and oxygen atoms in total. The highest BCUT2D eigenvalue weighted by molar-refractivity contribution is 5.17. The molecule has 0 radical (unpaired) electrons. The molecule has 3 rings (SSSR count). The largest absolute Gasteiger partial charge is 0.424 e. The van der Waals surface area contributed by atoms with E-state index in [4.69, 9.17) is 4.42 Å². The zero-order valence-electron chi connectivity index (χ0n) is 13.7. The van der Waals surface area contributed by atoms with Gasteiger partial charge in [-0.2, -0.15) is 0 Å². The fraction of sp³-hybridized carbons (Fsp3) is 0.529. The second-order valence-electron chi connectivity index (χ2n) is 6.10. The topological polar surface area (TPSA) is 65.6 Å². The van der Waals surface area contributed by atoms with Gasteiger partial charge in [-0.25, -0.2) is 0 Å². The van der Waals surface area contributed by atoms with Crippen molar-refractivity contribution in [3.05, 3.63) is 47.7 Å². The van der Waals surface area contributed by atoms with Crippen molar-refractivity contribution in [1.82, 2.24) is 20.0 Å². The molecule has 0 saturated carbocycles. The van der Waals surface area contributed by atoms with Crippen LogP contribution in [0.1, 0.15) is 36.4 Å². The van der Waals surface area contributed by atoms with E-state index in [-0.39, 0.29) is 6.04 Å². The average molecular weight is 316 g/mol. The van der Waals surface area contributed by atoms with Crippen molar-refractivity contribution in [3.63, 3.8) is 0 Å². The molecule has 23 heavy (non-hydrogen) atoms. The number of aliphatic hydroxyl groups excluding tert-OH is 1. The predicted octanol–water partition coefficient (Wildman–Crippen LogP) is 1.79. The van der Waals surface area contributed by atoms with Crippen molar-refractivity contribution in [1.29, 1.82) is 0 Å². The highest BCUT2D eigenvalue weighted by Gasteiger charge is 2.26. The monoisotopic (exact) mass is 316 g/mol. The van der Waals surface area contributed by atoms with Crippen molar-refractivity contribution in [2.75, 3.05) is 32.7 Å². The van der Waals surface area contributed by atoms with Crippen LogP contribution in [0.3, 0.4) is 0 Å². The third-order valence-corrected chi connectivity index (χ3v) is 4.47. The molecule has 6 heteroatoms. The molecule has 1 aromatic heterocycles. The molecule has 2 aromatic rings. The van der Waals surface area contributed by atoms with E-state index in [2.05, 4.69) is 26.9 Å². The molecule has 1 saturated heterocycles. The fourth-order valence-corrected chi connectivity index (χ4v) is 3.00. The molecule has 2 heterocycles. The van der Waals surface area contributed by atoms with Crippen LogP contribution >= 0.6 is 0 Å². The molecule has 0 unspecified atom stereocenters. The van der Waals surface area contributed by atoms with Crippen molar-refractivity contribution in [2.24, 2.45) is 0 Å². The maximum Gasteiger partial charge on any atom is 0.233 e. The first-order valence-electron chi connectivity index (χ1n) is 8.13. The summed E-state index contributed by atoms with van der Waals surface area (Å²) in [5.74, 6) is 1.29. The number of rotatable bonds is 5. The SMILES string of the molecule is Cc1nnc([C@H](C)N2CCN(C[C@H](O)c3ccccc3)CC2)o1. The van der Waals surface area contributed by atoms with Crippen molar-refractivity contribution >= 4 is 0 Å². The first-order chi connectivity index (χ1) is 11.1. The maximum absolute atomic E-state index is 10.3. The summed E-state index contributed by atoms with van der Waals surface area (Å²) >= 11 is 0. The van der Waals surface area contributed by atoms with Crippen LogP contribution in [0.2, 0.25) is 0 Å². The summed E-state index contributed by atoms with van der Waals surface area (Å²) in [6.07, 6.45) is -0.432. The predicted molar refractivity (Wildman–Crippen MR) is 86.9 cm³/mol. The van der Waals surface area contributed by atoms with Crippen LogP contribution in [0.25, 0.3) is 0 Å². The Labute approximate surface area is 136 Å². The summed E-state index contributed by atoms with van der Waals surface area (Å²) in [6.45, 7) is 8.32. The third-order valence-electron chi connectivity index (χ3n) is 4.47. The Hall–Kier alpha value is -1.76. The number of aryl methyl sites for hydroxylation is 1. The lowest BCUT2D eigenvalue weighted by atomic mass is 10.1. The van der Waals surface area contributed by atoms with Crippen molar-refractivity contribution < 1.29 is 9.52 Å². The van der Waals surface area contributed by atoms with Gasteiger partial charge in [0.2, 0.25) is 11.8 Å². The van der Waals surface area contributed by atoms with Gasteiger partial charge in [-0.1, -0.05) is 30.3 Å². The number of β-amino-alcohol motifs (C(OH)–C–C–N with tert-alkyl or cyclic N) is 1. The van der Waals surface area contributed by atoms with Crippen LogP contribution in [-0.2, 0) is 0 Å². The number of piperazine rings is 1. The Bertz CT molecular complexity index is 608. The van der Waals surface area contributed by atoms with E-state index in [9.17, 15) is 5.11 Å². The summed E-state index contributed by atoms with van der Waals surface area (Å²) in [4.78, 5) is 4.65. The Morgan fingerprint density at radius 1 is 1.13 bits per heavy atom. The summed E-state index contributed by atoms with van der Waals surface area (Å²) in [7, 11) is 0. The molecule has 1 aliphatic heterocycles. The molecule has 1 fully saturated rings. The Balaban J connectivity index is 1.50. The van der Waals surface area contributed by atoms with Gasteiger partial charge in [0.05, 0.1) is 12.1 Å². The lowest BCUT2D eigenvalue weighted by Gasteiger charge is -2.37. The second-order valence-corrected chi connectivity index (χ2v) is 6.10. The fourth-order valence-electron chi connectivity index (χ4n) is 3.00. The molecule has 1 aliphatic rings. The molecule has 1 aromatic carbocycles. The summed E-state index contributed by atoms with van der Waals surface area (Å²) < 4.78 is 5.53. The zero-order chi connectivity index (χ0) is 16.2. The Morgan fingerprint density at radius 2 is 1.83 bits per heavy atom. The minimum Gasteiger partial charge on any atom is -0.424 e. The van der Waals surface area contributed by atoms with Crippen LogP contribution in [0.5, 0.6) is 0 Å². The number of benzene rings is 1. The molecule has 124 valence electrons. The van der Waals surface area contributed by atoms with Crippen LogP contribution in [0.15, 0.2) is 34.7 Å². The van der Waals surface area contributed by atoms with E-state index in [0.29, 0.717) is 18.3 Å². The average Bonchev–Trinajstić information content (AvgIpc) is 3.02. The lowest BCUT2D eigenvalue weighted by Crippen LogP contribution is -2.48. The molecule has 0 spiro atoms. The van der Waals surface area contributed by atoms with E-state index in [1.807, 2.05) is 37.3 Å². The number of hydrogen-bond acceptors (Lipinski definition) is 6. The normalized spacial score (nSPS) is 19.6. The van der Waals surface area contributed by atoms with Gasteiger partial charge in [0.15, 0.2) is 0 Å². The molecular formula is C17H24N4O2. The van der Waals surface area contributed by atoms with Gasteiger partial charge in [0.1, 0.15) is 0 Å². The minimum atomic E-state index is -0.432. The molecule has 2 atom stereocenters. The van der Waals surface area contributed by atoms with Gasteiger partial charge in [-0.3, -0.25) is 9.80 Å². The van der Waals surface area contributed by atoms with E-state index in [1.54, 1.807) is 0 Å². The number of aliphatic hydroxyl groups is 1. The maximum atomic E-state index is 10.3. The standard InChI is InChI=1S/C17H24N4O2/c1-13(17-19-18-14(2)23-17)21-10-8-20(9-11-21)12-16(22)15-6-4-3-5-7-15/h3-7,13,16,22H,8-12H2,1-2H3/t13-,16-/m0/s1. The quantitative estimate of drug-likeness (QED) is 0.907. The first kappa shape index (κ1) is 16.1. The van der Waals surface area contributed by atoms with E-state index in [1.165, 1.54) is 0 Å². The van der Waals surface area contributed by atoms with Gasteiger partial charge in [-0.05, 0) is 12.5 Å². The van der Waals surface area contributed by atoms with Crippen molar-refractivity contribution in [3.8, 4) is 0 Å². The van der Waals surface area contributed by atoms with Crippen LogP contribution in [0, 0.1) is 6.92 Å². The van der Waals surface area contributed by atoms with E-state index >= 15 is 0 Å². The summed E-state index contributed by atoms with van der Waals surface area (Å²) in [5.41, 5.74) is 0.977. The Kier molecular flexibility index (Phi) is 5.05. The van der Waals surface area contributed by atoms with E-state index in [0.717, 1.165) is 31.7 Å². The summed E-state index contributed by atoms with van der Waals surface area (Å²) in [5, 5.41) is 18.4. The van der Waals surface area contributed by atoms with Gasteiger partial charge < -0.3 is 9.52 Å². The van der Waals surface area contributed by atoms with Crippen LogP contribution in [-0.4, -0.2) is 57.8 Å². The third kappa shape index (κ3) is 3.96.